The van der Waals surface area contributed by atoms with Crippen LogP contribution in [0.1, 0.15) is 46.2 Å². The van der Waals surface area contributed by atoms with Crippen molar-refractivity contribution >= 4 is 63.1 Å². The molecule has 0 fully saturated rings. The Labute approximate surface area is 222 Å². The quantitative estimate of drug-likeness (QED) is 0.221. The molecule has 3 amide bonds. The van der Waals surface area contributed by atoms with Gasteiger partial charge in [0, 0.05) is 16.6 Å². The van der Waals surface area contributed by atoms with Gasteiger partial charge < -0.3 is 10.1 Å². The maximum Gasteiger partial charge on any atom is 0.338 e. The fourth-order valence-corrected chi connectivity index (χ4v) is 4.34. The fourth-order valence-electron chi connectivity index (χ4n) is 3.44. The molecule has 0 unspecified atom stereocenters. The molecule has 1 aliphatic heterocycles. The molecule has 4 rings (SSSR count). The number of carbonyl (C=O) groups is 4. The minimum absolute atomic E-state index is 0.113. The van der Waals surface area contributed by atoms with E-state index < -0.39 is 17.8 Å². The molecule has 0 aliphatic carbocycles. The molecule has 190 valence electrons. The molecule has 1 aliphatic rings. The molecule has 0 bridgehead atoms. The van der Waals surface area contributed by atoms with Gasteiger partial charge in [-0.2, -0.15) is 0 Å². The Hall–Kier alpha value is -4.02. The van der Waals surface area contributed by atoms with Crippen LogP contribution in [-0.2, 0) is 14.3 Å². The summed E-state index contributed by atoms with van der Waals surface area (Å²) < 4.78 is 5.21. The van der Waals surface area contributed by atoms with E-state index in [0.717, 1.165) is 23.4 Å². The second kappa shape index (κ2) is 11.4. The summed E-state index contributed by atoms with van der Waals surface area (Å²) in [7, 11) is 0. The summed E-state index contributed by atoms with van der Waals surface area (Å²) in [6, 6.07) is 12.4. The monoisotopic (exact) mass is 538 g/mol. The first-order valence-corrected chi connectivity index (χ1v) is 12.7. The van der Waals surface area contributed by atoms with Gasteiger partial charge in [0.1, 0.15) is 10.7 Å². The van der Waals surface area contributed by atoms with Crippen molar-refractivity contribution in [2.75, 3.05) is 22.1 Å². The number of rotatable bonds is 9. The molecule has 37 heavy (non-hydrogen) atoms. The number of imide groups is 1. The Morgan fingerprint density at radius 2 is 1.84 bits per heavy atom. The summed E-state index contributed by atoms with van der Waals surface area (Å²) in [6.45, 7) is 4.10. The largest absolute Gasteiger partial charge is 0.462 e. The van der Waals surface area contributed by atoms with Crippen LogP contribution in [0, 0.1) is 6.92 Å². The Balaban J connectivity index is 1.45. The summed E-state index contributed by atoms with van der Waals surface area (Å²) >= 11 is 7.55. The average molecular weight is 539 g/mol. The highest BCUT2D eigenvalue weighted by molar-refractivity contribution is 7.13. The Kier molecular flexibility index (Phi) is 8.00. The van der Waals surface area contributed by atoms with Crippen LogP contribution < -0.4 is 15.5 Å². The van der Waals surface area contributed by atoms with Crippen molar-refractivity contribution in [2.24, 2.45) is 0 Å². The van der Waals surface area contributed by atoms with Crippen LogP contribution in [0.3, 0.4) is 0 Å². The van der Waals surface area contributed by atoms with E-state index in [1.54, 1.807) is 36.4 Å². The number of carbonyl (C=O) groups excluding carboxylic acids is 4. The number of unbranched alkanes of at least 4 members (excludes halogenated alkanes) is 1. The zero-order valence-electron chi connectivity index (χ0n) is 20.0. The van der Waals surface area contributed by atoms with Crippen LogP contribution >= 0.6 is 22.9 Å². The molecule has 2 aromatic carbocycles. The van der Waals surface area contributed by atoms with Gasteiger partial charge in [0.2, 0.25) is 0 Å². The van der Waals surface area contributed by atoms with E-state index in [9.17, 15) is 19.2 Å². The van der Waals surface area contributed by atoms with Gasteiger partial charge in [0.05, 0.1) is 23.6 Å². The van der Waals surface area contributed by atoms with E-state index in [2.05, 4.69) is 15.6 Å². The summed E-state index contributed by atoms with van der Waals surface area (Å²) in [4.78, 5) is 55.8. The van der Waals surface area contributed by atoms with Gasteiger partial charge in [0.25, 0.3) is 17.7 Å². The zero-order valence-corrected chi connectivity index (χ0v) is 21.6. The van der Waals surface area contributed by atoms with Crippen molar-refractivity contribution in [3.63, 3.8) is 0 Å². The summed E-state index contributed by atoms with van der Waals surface area (Å²) in [6.07, 6.45) is 1.62. The topological polar surface area (TPSA) is 118 Å². The minimum atomic E-state index is -0.722. The third-order valence-corrected chi connectivity index (χ3v) is 6.58. The molecular formula is C26H23ClN4O5S. The number of aryl methyl sites for hydroxylation is 1. The van der Waals surface area contributed by atoms with Crippen molar-refractivity contribution in [2.45, 2.75) is 26.7 Å². The maximum absolute atomic E-state index is 13.1. The highest BCUT2D eigenvalue weighted by atomic mass is 35.5. The number of ether oxygens (including phenoxy) is 1. The normalized spacial score (nSPS) is 13.2. The van der Waals surface area contributed by atoms with Crippen LogP contribution in [0.25, 0.3) is 0 Å². The number of esters is 1. The van der Waals surface area contributed by atoms with E-state index in [1.807, 2.05) is 19.2 Å². The van der Waals surface area contributed by atoms with Crippen molar-refractivity contribution in [3.05, 3.63) is 81.5 Å². The highest BCUT2D eigenvalue weighted by Gasteiger charge is 2.39. The number of hydrogen-bond donors (Lipinski definition) is 2. The molecule has 0 radical (unpaired) electrons. The van der Waals surface area contributed by atoms with E-state index in [0.29, 0.717) is 16.4 Å². The predicted molar refractivity (Wildman–Crippen MR) is 142 cm³/mol. The Bertz CT molecular complexity index is 1400. The third kappa shape index (κ3) is 5.87. The van der Waals surface area contributed by atoms with E-state index >= 15 is 0 Å². The predicted octanol–water partition coefficient (Wildman–Crippen LogP) is 5.10. The van der Waals surface area contributed by atoms with Crippen molar-refractivity contribution in [3.8, 4) is 0 Å². The number of benzene rings is 2. The number of hydrogen-bond acceptors (Lipinski definition) is 8. The van der Waals surface area contributed by atoms with Gasteiger partial charge in [0.15, 0.2) is 5.13 Å². The van der Waals surface area contributed by atoms with Crippen LogP contribution in [0.4, 0.5) is 16.5 Å². The van der Waals surface area contributed by atoms with Gasteiger partial charge in [-0.1, -0.05) is 31.0 Å². The number of anilines is 3. The first-order chi connectivity index (χ1) is 17.8. The maximum atomic E-state index is 13.1. The van der Waals surface area contributed by atoms with Crippen LogP contribution in [0.5, 0.6) is 0 Å². The van der Waals surface area contributed by atoms with E-state index in [-0.39, 0.29) is 34.5 Å². The van der Waals surface area contributed by atoms with Gasteiger partial charge in [-0.05, 0) is 55.8 Å². The Morgan fingerprint density at radius 1 is 1.08 bits per heavy atom. The zero-order chi connectivity index (χ0) is 26.5. The molecule has 0 spiro atoms. The summed E-state index contributed by atoms with van der Waals surface area (Å²) in [5.74, 6) is -2.27. The number of nitrogens with one attached hydrogen (secondary N) is 2. The molecule has 3 aromatic rings. The van der Waals surface area contributed by atoms with Crippen molar-refractivity contribution in [1.82, 2.24) is 4.98 Å². The standard InChI is InChI=1S/C26H23ClN4O5S/c1-3-4-12-36-25(35)17-6-5-7-19(13-17)31-23(33)20(27)21(24(31)34)29-18-10-8-16(9-11-18)22(32)30-26-28-15(2)14-37-26/h5-11,13-14,29H,3-4,12H2,1-2H3,(H,28,30,32). The number of amides is 3. The first-order valence-electron chi connectivity index (χ1n) is 11.4. The fraction of sp³-hybridized carbons (Fsp3) is 0.192. The Morgan fingerprint density at radius 3 is 2.51 bits per heavy atom. The minimum Gasteiger partial charge on any atom is -0.462 e. The van der Waals surface area contributed by atoms with Gasteiger partial charge in [-0.25, -0.2) is 14.7 Å². The first kappa shape index (κ1) is 26.1. The molecule has 2 N–H and O–H groups in total. The van der Waals surface area contributed by atoms with Crippen LogP contribution in [0.15, 0.2) is 64.6 Å². The lowest BCUT2D eigenvalue weighted by Gasteiger charge is -2.16. The molecule has 0 atom stereocenters. The molecule has 0 saturated heterocycles. The van der Waals surface area contributed by atoms with Crippen LogP contribution in [0.2, 0.25) is 0 Å². The number of thiazole rings is 1. The molecule has 11 heteroatoms. The number of aromatic nitrogens is 1. The molecule has 1 aromatic heterocycles. The van der Waals surface area contributed by atoms with Crippen molar-refractivity contribution in [1.29, 1.82) is 0 Å². The molecule has 2 heterocycles. The van der Waals surface area contributed by atoms with E-state index in [1.165, 1.54) is 23.5 Å². The lowest BCUT2D eigenvalue weighted by atomic mass is 10.2. The smallest absolute Gasteiger partial charge is 0.338 e. The van der Waals surface area contributed by atoms with Gasteiger partial charge >= 0.3 is 5.97 Å². The molecular weight excluding hydrogens is 516 g/mol. The molecule has 9 nitrogen and oxygen atoms in total. The van der Waals surface area contributed by atoms with Gasteiger partial charge in [-0.15, -0.1) is 11.3 Å². The number of nitrogens with zero attached hydrogens (tertiary/aromatic N) is 2. The SMILES string of the molecule is CCCCOC(=O)c1cccc(N2C(=O)C(Cl)=C(Nc3ccc(C(=O)Nc4nc(C)cs4)cc3)C2=O)c1. The average Bonchev–Trinajstić information content (AvgIpc) is 3.39. The second-order valence-corrected chi connectivity index (χ2v) is 9.36. The lowest BCUT2D eigenvalue weighted by Crippen LogP contribution is -2.32. The molecule has 0 saturated carbocycles. The third-order valence-electron chi connectivity index (χ3n) is 5.35. The second-order valence-electron chi connectivity index (χ2n) is 8.13. The summed E-state index contributed by atoms with van der Waals surface area (Å²) in [5, 5.41) is 7.62. The van der Waals surface area contributed by atoms with E-state index in [4.69, 9.17) is 16.3 Å². The highest BCUT2D eigenvalue weighted by Crippen LogP contribution is 2.31. The summed E-state index contributed by atoms with van der Waals surface area (Å²) in [5.41, 5.74) is 1.95. The lowest BCUT2D eigenvalue weighted by molar-refractivity contribution is -0.120. The van der Waals surface area contributed by atoms with Gasteiger partial charge in [-0.3, -0.25) is 19.7 Å². The van der Waals surface area contributed by atoms with Crippen LogP contribution in [-0.4, -0.2) is 35.3 Å². The number of halogens is 1. The van der Waals surface area contributed by atoms with Crippen molar-refractivity contribution < 1.29 is 23.9 Å².